The summed E-state index contributed by atoms with van der Waals surface area (Å²) in [5, 5.41) is 49.8. The number of halogens is 4. The second-order valence-electron chi connectivity index (χ2n) is 24.1. The van der Waals surface area contributed by atoms with E-state index >= 15 is 0 Å². The quantitative estimate of drug-likeness (QED) is 0.107. The first-order valence-electron chi connectivity index (χ1n) is 31.9. The van der Waals surface area contributed by atoms with Gasteiger partial charge in [0.05, 0.1) is 94.9 Å². The Bertz CT molecular complexity index is 4450. The molecule has 9 aromatic carbocycles. The maximum Gasteiger partial charge on any atom is 0.187 e. The summed E-state index contributed by atoms with van der Waals surface area (Å²) in [7, 11) is 0. The standard InChI is InChI=1S/2C27H22ClN5.C26H22BrClN4.CH4/c2*1-19(21-6-10-25(31-2)11-7-21)32-13-14-33(26-12-3-20(16-29)15-23(26)17-30)27(18-32)22-4-8-24(28)9-5-22;1-18(19-5-10-24(30-2)11-6-19)31-13-14-32(25-12-7-22(27)15-21(25)16-29)26(17-31)20-3-8-23(28)9-4-20;/h2*3-12,15,19,27H,13-14,18H2,1H3;3-12,15,18,26H,13-14,17H2,1H3;1H4/t19-,27+;19-,27-;18?,26-;/m100./s1. The van der Waals surface area contributed by atoms with Crippen LogP contribution >= 0.6 is 50.7 Å². The van der Waals surface area contributed by atoms with Crippen molar-refractivity contribution in [2.45, 2.75) is 64.4 Å². The van der Waals surface area contributed by atoms with Gasteiger partial charge in [-0.3, -0.25) is 14.7 Å². The van der Waals surface area contributed by atoms with Crippen molar-refractivity contribution in [2.24, 2.45) is 0 Å². The zero-order valence-electron chi connectivity index (χ0n) is 54.2. The first kappa shape index (κ1) is 72.8. The number of anilines is 3. The van der Waals surface area contributed by atoms with Crippen LogP contribution in [-0.4, -0.2) is 73.6 Å². The second-order valence-corrected chi connectivity index (χ2v) is 26.3. The van der Waals surface area contributed by atoms with E-state index in [0.29, 0.717) is 59.9 Å². The van der Waals surface area contributed by atoms with Gasteiger partial charge >= 0.3 is 0 Å². The SMILES string of the molecule is C.[C-]#[N+]c1ccc(C(C)N2CCN(c3ccc(Br)cc3C#N)[C@H](c3ccc(Cl)cc3)C2)cc1.[C-]#[N+]c1ccc([C@@H](C)N2CCN(c3ccc(C#N)cc3C#N)[C@H](c3ccc(Cl)cc3)C2)cc1.[C-]#[N+]c1ccc([C@H](C)N2CCN(c3ccc(C#N)cc3C#N)[C@H](c3ccc(Cl)cc3)C2)cc1. The molecule has 0 saturated carbocycles. The number of hydrogen-bond acceptors (Lipinski definition) is 11. The van der Waals surface area contributed by atoms with E-state index in [1.165, 1.54) is 22.3 Å². The minimum absolute atomic E-state index is 0. The van der Waals surface area contributed by atoms with Gasteiger partial charge in [0.15, 0.2) is 17.1 Å². The van der Waals surface area contributed by atoms with E-state index < -0.39 is 0 Å². The molecule has 0 radical (unpaired) electrons. The third-order valence-electron chi connectivity index (χ3n) is 18.7. The average Bonchev–Trinajstić information content (AvgIpc) is 0.795. The Kier molecular flexibility index (Phi) is 25.1. The lowest BCUT2D eigenvalue weighted by atomic mass is 9.97. The van der Waals surface area contributed by atoms with Gasteiger partial charge in [0, 0.05) is 96.6 Å². The predicted octanol–water partition coefficient (Wildman–Crippen LogP) is 20.3. The molecule has 3 aliphatic heterocycles. The van der Waals surface area contributed by atoms with Gasteiger partial charge in [-0.15, -0.1) is 0 Å². The van der Waals surface area contributed by atoms with Crippen LogP contribution in [0.15, 0.2) is 205 Å². The van der Waals surface area contributed by atoms with Crippen molar-refractivity contribution in [3.63, 3.8) is 0 Å². The van der Waals surface area contributed by atoms with Crippen molar-refractivity contribution < 1.29 is 0 Å². The Morgan fingerprint density at radius 2 is 0.646 bits per heavy atom. The third-order valence-corrected chi connectivity index (χ3v) is 19.9. The van der Waals surface area contributed by atoms with Gasteiger partial charge in [-0.25, -0.2) is 14.5 Å². The van der Waals surface area contributed by atoms with Gasteiger partial charge in [-0.2, -0.15) is 26.3 Å². The third kappa shape index (κ3) is 17.5. The summed E-state index contributed by atoms with van der Waals surface area (Å²) in [4.78, 5) is 24.6. The lowest BCUT2D eigenvalue weighted by Gasteiger charge is -2.45. The van der Waals surface area contributed by atoms with Crippen LogP contribution in [0.25, 0.3) is 14.5 Å². The molecule has 0 bridgehead atoms. The minimum Gasteiger partial charge on any atom is -0.361 e. The molecule has 6 atom stereocenters. The van der Waals surface area contributed by atoms with E-state index in [2.05, 4.69) is 123 Å². The highest BCUT2D eigenvalue weighted by Crippen LogP contribution is 2.41. The average molecular weight is 1430 g/mol. The normalized spacial score (nSPS) is 16.9. The number of piperazine rings is 3. The first-order valence-corrected chi connectivity index (χ1v) is 33.8. The van der Waals surface area contributed by atoms with Crippen LogP contribution in [0.2, 0.25) is 15.1 Å². The highest BCUT2D eigenvalue weighted by atomic mass is 79.9. The monoisotopic (exact) mass is 1420 g/mol. The summed E-state index contributed by atoms with van der Waals surface area (Å²) in [6.45, 7) is 35.2. The second kappa shape index (κ2) is 34.2. The van der Waals surface area contributed by atoms with E-state index in [-0.39, 0.29) is 43.7 Å². The Hall–Kier alpha value is -10.5. The topological polar surface area (TPSA) is 151 Å². The van der Waals surface area contributed by atoms with E-state index in [4.69, 9.17) is 54.5 Å². The van der Waals surface area contributed by atoms with Gasteiger partial charge in [0.25, 0.3) is 0 Å². The molecule has 0 N–H and O–H groups in total. The molecule has 3 saturated heterocycles. The summed E-state index contributed by atoms with van der Waals surface area (Å²) in [6.07, 6.45) is 0. The van der Waals surface area contributed by atoms with Crippen LogP contribution < -0.4 is 14.7 Å². The lowest BCUT2D eigenvalue weighted by Crippen LogP contribution is -2.49. The van der Waals surface area contributed by atoms with Crippen LogP contribution in [-0.2, 0) is 0 Å². The molecular formula is C81H70BrCl3N14. The molecule has 3 aliphatic rings. The smallest absolute Gasteiger partial charge is 0.187 e. The summed E-state index contributed by atoms with van der Waals surface area (Å²) < 4.78 is 0.899. The molecule has 3 fully saturated rings. The van der Waals surface area contributed by atoms with Crippen molar-refractivity contribution in [1.29, 1.82) is 26.3 Å². The van der Waals surface area contributed by atoms with Crippen molar-refractivity contribution >= 4 is 84.9 Å². The van der Waals surface area contributed by atoms with E-state index in [0.717, 1.165) is 91.6 Å². The number of rotatable bonds is 12. The number of nitrogens with zero attached hydrogens (tertiary/aromatic N) is 14. The fraction of sp³-hybridized carbons (Fsp3) is 0.235. The summed E-state index contributed by atoms with van der Waals surface area (Å²) in [5.41, 5.74) is 14.1. The van der Waals surface area contributed by atoms with E-state index in [1.54, 1.807) is 24.3 Å². The van der Waals surface area contributed by atoms with Gasteiger partial charge in [0.2, 0.25) is 0 Å². The van der Waals surface area contributed by atoms with Crippen LogP contribution in [0.1, 0.15) is 126 Å². The summed E-state index contributed by atoms with van der Waals surface area (Å²) >= 11 is 21.9. The summed E-state index contributed by atoms with van der Waals surface area (Å²) in [6, 6.07) is 75.4. The molecule has 492 valence electrons. The van der Waals surface area contributed by atoms with Gasteiger partial charge in [-0.05, 0) is 145 Å². The van der Waals surface area contributed by atoms with Crippen molar-refractivity contribution in [1.82, 2.24) is 14.7 Å². The molecule has 14 nitrogen and oxygen atoms in total. The van der Waals surface area contributed by atoms with Gasteiger partial charge in [0.1, 0.15) is 18.2 Å². The highest BCUT2D eigenvalue weighted by Gasteiger charge is 2.36. The summed E-state index contributed by atoms with van der Waals surface area (Å²) in [5.74, 6) is 0. The van der Waals surface area contributed by atoms with E-state index in [1.807, 2.05) is 164 Å². The van der Waals surface area contributed by atoms with Crippen LogP contribution in [0.4, 0.5) is 34.1 Å². The van der Waals surface area contributed by atoms with E-state index in [9.17, 15) is 26.3 Å². The fourth-order valence-corrected chi connectivity index (χ4v) is 13.8. The highest BCUT2D eigenvalue weighted by molar-refractivity contribution is 9.10. The number of hydrogen-bond donors (Lipinski definition) is 0. The van der Waals surface area contributed by atoms with Gasteiger partial charge < -0.3 is 14.7 Å². The van der Waals surface area contributed by atoms with Crippen LogP contribution in [0.3, 0.4) is 0 Å². The zero-order chi connectivity index (χ0) is 69.4. The maximum atomic E-state index is 9.76. The lowest BCUT2D eigenvalue weighted by molar-refractivity contribution is 0.171. The van der Waals surface area contributed by atoms with Crippen LogP contribution in [0, 0.1) is 76.4 Å². The molecule has 12 rings (SSSR count). The molecule has 18 heteroatoms. The Balaban J connectivity index is 0.000000173. The predicted molar refractivity (Wildman–Crippen MR) is 400 cm³/mol. The molecule has 0 aliphatic carbocycles. The Morgan fingerprint density at radius 1 is 0.374 bits per heavy atom. The molecule has 0 aromatic heterocycles. The molecule has 3 heterocycles. The number of nitriles is 5. The Labute approximate surface area is 605 Å². The maximum absolute atomic E-state index is 9.76. The van der Waals surface area contributed by atoms with Crippen LogP contribution in [0.5, 0.6) is 0 Å². The number of benzene rings is 9. The Morgan fingerprint density at radius 3 is 0.909 bits per heavy atom. The molecular weight excluding hydrogens is 1360 g/mol. The molecule has 0 spiro atoms. The minimum atomic E-state index is 0. The zero-order valence-corrected chi connectivity index (χ0v) is 58.0. The molecule has 9 aromatic rings. The largest absolute Gasteiger partial charge is 0.361 e. The van der Waals surface area contributed by atoms with Crippen molar-refractivity contribution in [2.75, 3.05) is 73.6 Å². The van der Waals surface area contributed by atoms with Crippen molar-refractivity contribution in [3.05, 3.63) is 315 Å². The molecule has 1 unspecified atom stereocenters. The van der Waals surface area contributed by atoms with Crippen molar-refractivity contribution in [3.8, 4) is 30.3 Å². The van der Waals surface area contributed by atoms with Gasteiger partial charge in [-0.1, -0.05) is 167 Å². The first-order chi connectivity index (χ1) is 47.6. The molecule has 0 amide bonds. The molecule has 99 heavy (non-hydrogen) atoms. The fourth-order valence-electron chi connectivity index (χ4n) is 13.1.